The molecule has 1 aliphatic carbocycles. The first kappa shape index (κ1) is 20.6. The first-order valence-corrected chi connectivity index (χ1v) is 10.2. The van der Waals surface area contributed by atoms with E-state index in [1.807, 2.05) is 50.2 Å². The molecule has 0 bridgehead atoms. The van der Waals surface area contributed by atoms with Crippen LogP contribution in [-0.4, -0.2) is 44.6 Å². The van der Waals surface area contributed by atoms with Crippen molar-refractivity contribution < 1.29 is 19.4 Å². The number of amides is 1. The van der Waals surface area contributed by atoms with Gasteiger partial charge in [-0.15, -0.1) is 0 Å². The standard InChI is InChI=1S/C23H24N4O4/c1-14(2)21-24-13-27(26-21)11-20(22(28)29)25-23(30)31-12-19-17-9-5-3-7-15(17)16-8-4-6-10-18(16)19/h3-10,13-14,19-20H,11-12H2,1-2H3,(H,25,30)(H,28,29). The van der Waals surface area contributed by atoms with Gasteiger partial charge < -0.3 is 15.2 Å². The number of carboxylic acids is 1. The van der Waals surface area contributed by atoms with E-state index in [4.69, 9.17) is 4.74 Å². The van der Waals surface area contributed by atoms with Gasteiger partial charge in [0, 0.05) is 11.8 Å². The van der Waals surface area contributed by atoms with Gasteiger partial charge >= 0.3 is 12.1 Å². The summed E-state index contributed by atoms with van der Waals surface area (Å²) in [5, 5.41) is 16.2. The van der Waals surface area contributed by atoms with Gasteiger partial charge in [-0.3, -0.25) is 0 Å². The van der Waals surface area contributed by atoms with E-state index in [0.29, 0.717) is 5.82 Å². The number of hydrogen-bond acceptors (Lipinski definition) is 5. The predicted molar refractivity (Wildman–Crippen MR) is 114 cm³/mol. The zero-order valence-electron chi connectivity index (χ0n) is 17.4. The zero-order valence-corrected chi connectivity index (χ0v) is 17.4. The number of carboxylic acid groups (broad SMARTS) is 1. The maximum Gasteiger partial charge on any atom is 0.407 e. The Morgan fingerprint density at radius 1 is 1.10 bits per heavy atom. The molecular formula is C23H24N4O4. The highest BCUT2D eigenvalue weighted by Crippen LogP contribution is 2.44. The van der Waals surface area contributed by atoms with Crippen molar-refractivity contribution >= 4 is 12.1 Å². The molecule has 8 nitrogen and oxygen atoms in total. The van der Waals surface area contributed by atoms with E-state index in [9.17, 15) is 14.7 Å². The first-order valence-electron chi connectivity index (χ1n) is 10.2. The van der Waals surface area contributed by atoms with Gasteiger partial charge in [-0.25, -0.2) is 19.3 Å². The van der Waals surface area contributed by atoms with Gasteiger partial charge in [0.05, 0.1) is 6.54 Å². The minimum Gasteiger partial charge on any atom is -0.480 e. The summed E-state index contributed by atoms with van der Waals surface area (Å²) >= 11 is 0. The van der Waals surface area contributed by atoms with Crippen molar-refractivity contribution in [3.63, 3.8) is 0 Å². The monoisotopic (exact) mass is 420 g/mol. The molecule has 8 heteroatoms. The predicted octanol–water partition coefficient (Wildman–Crippen LogP) is 3.39. The molecule has 1 aromatic heterocycles. The lowest BCUT2D eigenvalue weighted by Gasteiger charge is -2.17. The average molecular weight is 420 g/mol. The van der Waals surface area contributed by atoms with Crippen molar-refractivity contribution in [3.8, 4) is 11.1 Å². The fourth-order valence-corrected chi connectivity index (χ4v) is 3.82. The molecule has 0 saturated carbocycles. The molecule has 3 aromatic rings. The molecule has 1 heterocycles. The molecule has 4 rings (SSSR count). The Bertz CT molecular complexity index is 1060. The molecule has 0 fully saturated rings. The summed E-state index contributed by atoms with van der Waals surface area (Å²) in [4.78, 5) is 28.2. The minimum absolute atomic E-state index is 0.0424. The quantitative estimate of drug-likeness (QED) is 0.607. The van der Waals surface area contributed by atoms with Crippen LogP contribution in [-0.2, 0) is 16.1 Å². The maximum atomic E-state index is 12.4. The average Bonchev–Trinajstić information content (AvgIpc) is 3.35. The number of alkyl carbamates (subject to hydrolysis) is 1. The van der Waals surface area contributed by atoms with Crippen LogP contribution in [0.3, 0.4) is 0 Å². The fourth-order valence-electron chi connectivity index (χ4n) is 3.82. The zero-order chi connectivity index (χ0) is 22.0. The molecule has 0 saturated heterocycles. The molecular weight excluding hydrogens is 396 g/mol. The third-order valence-corrected chi connectivity index (χ3v) is 5.37. The lowest BCUT2D eigenvalue weighted by Crippen LogP contribution is -2.44. The fraction of sp³-hybridized carbons (Fsp3) is 0.304. The van der Waals surface area contributed by atoms with Crippen LogP contribution in [0, 0.1) is 0 Å². The molecule has 0 radical (unpaired) electrons. The molecule has 0 aliphatic heterocycles. The van der Waals surface area contributed by atoms with Crippen LogP contribution in [0.5, 0.6) is 0 Å². The summed E-state index contributed by atoms with van der Waals surface area (Å²) in [7, 11) is 0. The van der Waals surface area contributed by atoms with Crippen LogP contribution >= 0.6 is 0 Å². The summed E-state index contributed by atoms with van der Waals surface area (Å²) in [5.74, 6) is -0.523. The number of fused-ring (bicyclic) bond motifs is 3. The second kappa shape index (κ2) is 8.59. The Balaban J connectivity index is 1.41. The number of nitrogens with zero attached hydrogens (tertiary/aromatic N) is 3. The van der Waals surface area contributed by atoms with Gasteiger partial charge in [-0.1, -0.05) is 62.4 Å². The second-order valence-electron chi connectivity index (χ2n) is 7.84. The number of hydrogen-bond donors (Lipinski definition) is 2. The highest BCUT2D eigenvalue weighted by atomic mass is 16.5. The van der Waals surface area contributed by atoms with E-state index in [0.717, 1.165) is 22.3 Å². The summed E-state index contributed by atoms with van der Waals surface area (Å²) in [6.45, 7) is 3.97. The van der Waals surface area contributed by atoms with E-state index in [1.165, 1.54) is 11.0 Å². The normalized spacial score (nSPS) is 13.5. The molecule has 1 aliphatic rings. The van der Waals surface area contributed by atoms with Crippen molar-refractivity contribution in [1.29, 1.82) is 0 Å². The number of ether oxygens (including phenoxy) is 1. The van der Waals surface area contributed by atoms with Gasteiger partial charge in [0.15, 0.2) is 5.82 Å². The van der Waals surface area contributed by atoms with Gasteiger partial charge in [0.2, 0.25) is 0 Å². The van der Waals surface area contributed by atoms with Gasteiger partial charge in [-0.05, 0) is 22.3 Å². The molecule has 1 unspecified atom stereocenters. The third kappa shape index (κ3) is 4.28. The van der Waals surface area contributed by atoms with Crippen molar-refractivity contribution in [2.45, 2.75) is 38.3 Å². The van der Waals surface area contributed by atoms with Crippen molar-refractivity contribution in [2.75, 3.05) is 6.61 Å². The lowest BCUT2D eigenvalue weighted by molar-refractivity contribution is -0.139. The van der Waals surface area contributed by atoms with E-state index >= 15 is 0 Å². The number of nitrogens with one attached hydrogen (secondary N) is 1. The number of rotatable bonds is 7. The maximum absolute atomic E-state index is 12.4. The number of carbonyl (C=O) groups is 2. The number of benzene rings is 2. The van der Waals surface area contributed by atoms with E-state index in [2.05, 4.69) is 27.5 Å². The van der Waals surface area contributed by atoms with E-state index in [-0.39, 0.29) is 25.0 Å². The molecule has 1 atom stereocenters. The number of carbonyl (C=O) groups excluding carboxylic acids is 1. The second-order valence-corrected chi connectivity index (χ2v) is 7.84. The van der Waals surface area contributed by atoms with Crippen molar-refractivity contribution in [3.05, 3.63) is 71.8 Å². The molecule has 0 spiro atoms. The number of aliphatic carboxylic acids is 1. The Morgan fingerprint density at radius 2 is 1.71 bits per heavy atom. The highest BCUT2D eigenvalue weighted by Gasteiger charge is 2.30. The highest BCUT2D eigenvalue weighted by molar-refractivity contribution is 5.81. The van der Waals surface area contributed by atoms with Crippen molar-refractivity contribution in [1.82, 2.24) is 20.1 Å². The smallest absolute Gasteiger partial charge is 0.407 e. The summed E-state index contributed by atoms with van der Waals surface area (Å²) in [5.41, 5.74) is 4.44. The van der Waals surface area contributed by atoms with Crippen LogP contribution in [0.2, 0.25) is 0 Å². The molecule has 160 valence electrons. The Morgan fingerprint density at radius 3 is 2.26 bits per heavy atom. The third-order valence-electron chi connectivity index (χ3n) is 5.37. The first-order chi connectivity index (χ1) is 14.9. The van der Waals surface area contributed by atoms with E-state index in [1.54, 1.807) is 0 Å². The Labute approximate surface area is 179 Å². The lowest BCUT2D eigenvalue weighted by atomic mass is 9.98. The SMILES string of the molecule is CC(C)c1ncn(CC(NC(=O)OCC2c3ccccc3-c3ccccc32)C(=O)O)n1. The Kier molecular flexibility index (Phi) is 5.70. The van der Waals surface area contributed by atoms with Gasteiger partial charge in [0.25, 0.3) is 0 Å². The summed E-state index contributed by atoms with van der Waals surface area (Å²) in [6, 6.07) is 14.9. The summed E-state index contributed by atoms with van der Waals surface area (Å²) in [6.07, 6.45) is 0.684. The summed E-state index contributed by atoms with van der Waals surface area (Å²) < 4.78 is 6.86. The molecule has 2 N–H and O–H groups in total. The van der Waals surface area contributed by atoms with Crippen LogP contribution < -0.4 is 5.32 Å². The number of aromatic nitrogens is 3. The van der Waals surface area contributed by atoms with E-state index < -0.39 is 18.1 Å². The molecule has 31 heavy (non-hydrogen) atoms. The van der Waals surface area contributed by atoms with Crippen LogP contribution in [0.1, 0.15) is 42.6 Å². The van der Waals surface area contributed by atoms with Gasteiger partial charge in [0.1, 0.15) is 19.0 Å². The van der Waals surface area contributed by atoms with Crippen LogP contribution in [0.4, 0.5) is 4.79 Å². The molecule has 2 aromatic carbocycles. The molecule has 1 amide bonds. The largest absolute Gasteiger partial charge is 0.480 e. The minimum atomic E-state index is -1.18. The topological polar surface area (TPSA) is 106 Å². The Hall–Kier alpha value is -3.68. The van der Waals surface area contributed by atoms with Crippen molar-refractivity contribution in [2.24, 2.45) is 0 Å². The van der Waals surface area contributed by atoms with Crippen LogP contribution in [0.15, 0.2) is 54.9 Å². The van der Waals surface area contributed by atoms with Gasteiger partial charge in [-0.2, -0.15) is 5.10 Å². The van der Waals surface area contributed by atoms with Crippen LogP contribution in [0.25, 0.3) is 11.1 Å².